The zero-order chi connectivity index (χ0) is 25.5. The highest BCUT2D eigenvalue weighted by molar-refractivity contribution is 7.15. The van der Waals surface area contributed by atoms with Crippen molar-refractivity contribution in [1.29, 1.82) is 0 Å². The van der Waals surface area contributed by atoms with Crippen molar-refractivity contribution in [2.24, 2.45) is 0 Å². The predicted molar refractivity (Wildman–Crippen MR) is 151 cm³/mol. The Bertz CT molecular complexity index is 1900. The molecule has 0 spiro atoms. The lowest BCUT2D eigenvalue weighted by atomic mass is 10.1. The molecule has 6 aromatic heterocycles. The highest BCUT2D eigenvalue weighted by Gasteiger charge is 2.16. The number of nitrogens with zero attached hydrogens (tertiary/aromatic N) is 4. The van der Waals surface area contributed by atoms with E-state index in [1.807, 2.05) is 54.7 Å². The molecule has 184 valence electrons. The van der Waals surface area contributed by atoms with Gasteiger partial charge in [-0.2, -0.15) is 5.10 Å². The molecule has 7 rings (SSSR count). The second-order valence-corrected chi connectivity index (χ2v) is 10.4. The molecule has 7 aromatic rings. The minimum atomic E-state index is 0.478. The van der Waals surface area contributed by atoms with E-state index in [1.165, 1.54) is 9.75 Å². The largest absolute Gasteiger partial charge is 0.487 e. The van der Waals surface area contributed by atoms with Crippen molar-refractivity contribution in [3.63, 3.8) is 0 Å². The minimum Gasteiger partial charge on any atom is -0.487 e. The van der Waals surface area contributed by atoms with Gasteiger partial charge in [0.05, 0.1) is 23.1 Å². The molecule has 0 bridgehead atoms. The Morgan fingerprint density at radius 2 is 1.87 bits per heavy atom. The second-order valence-electron chi connectivity index (χ2n) is 9.06. The molecule has 7 nitrogen and oxygen atoms in total. The SMILES string of the molecule is Cc1ccc(-c2ccnc3[nH]c(-c4n[nH]c5ccc(-c6cncc(OCc7ccccc7)c6)nc45)cc23)s1. The standard InChI is InChI=1S/C30H22N6OS/c1-18-7-10-27(38-18)22-11-12-32-30-23(22)14-26(34-30)29-28-25(35-36-29)9-8-24(33-28)20-13-21(16-31-15-20)37-17-19-5-3-2-4-6-19/h2-16H,17H2,1H3,(H,32,34)(H,35,36). The normalized spacial score (nSPS) is 11.4. The fourth-order valence-electron chi connectivity index (χ4n) is 4.57. The van der Waals surface area contributed by atoms with Gasteiger partial charge in [0.2, 0.25) is 0 Å². The Kier molecular flexibility index (Phi) is 5.44. The number of hydrogen-bond acceptors (Lipinski definition) is 6. The van der Waals surface area contributed by atoms with Crippen molar-refractivity contribution in [2.45, 2.75) is 13.5 Å². The number of ether oxygens (including phenoxy) is 1. The first kappa shape index (κ1) is 22.4. The van der Waals surface area contributed by atoms with Crippen LogP contribution in [0.1, 0.15) is 10.4 Å². The predicted octanol–water partition coefficient (Wildman–Crippen LogP) is 7.18. The third-order valence-corrected chi connectivity index (χ3v) is 7.49. The number of pyridine rings is 3. The maximum absolute atomic E-state index is 5.98. The van der Waals surface area contributed by atoms with Crippen LogP contribution in [0.25, 0.3) is 55.2 Å². The highest BCUT2D eigenvalue weighted by atomic mass is 32.1. The number of aryl methyl sites for hydroxylation is 1. The van der Waals surface area contributed by atoms with Crippen molar-refractivity contribution < 1.29 is 4.74 Å². The zero-order valence-electron chi connectivity index (χ0n) is 20.5. The summed E-state index contributed by atoms with van der Waals surface area (Å²) >= 11 is 1.78. The van der Waals surface area contributed by atoms with Crippen molar-refractivity contribution in [1.82, 2.24) is 30.1 Å². The summed E-state index contributed by atoms with van der Waals surface area (Å²) in [5, 5.41) is 8.78. The molecule has 0 aliphatic carbocycles. The molecule has 8 heteroatoms. The molecule has 0 aliphatic heterocycles. The molecule has 6 heterocycles. The number of thiophene rings is 1. The minimum absolute atomic E-state index is 0.478. The fraction of sp³-hybridized carbons (Fsp3) is 0.0667. The number of aromatic nitrogens is 6. The number of hydrogen-bond donors (Lipinski definition) is 2. The summed E-state index contributed by atoms with van der Waals surface area (Å²) in [6, 6.07) is 24.5. The van der Waals surface area contributed by atoms with Gasteiger partial charge in [0.1, 0.15) is 29.2 Å². The van der Waals surface area contributed by atoms with E-state index in [0.717, 1.165) is 55.8 Å². The van der Waals surface area contributed by atoms with E-state index in [0.29, 0.717) is 12.4 Å². The van der Waals surface area contributed by atoms with Crippen LogP contribution in [0.5, 0.6) is 5.75 Å². The Hall–Kier alpha value is -4.82. The number of aromatic amines is 2. The Balaban J connectivity index is 1.24. The summed E-state index contributed by atoms with van der Waals surface area (Å²) in [5.74, 6) is 0.693. The molecule has 1 aromatic carbocycles. The van der Waals surface area contributed by atoms with Crippen LogP contribution in [-0.4, -0.2) is 30.1 Å². The van der Waals surface area contributed by atoms with Crippen LogP contribution in [-0.2, 0) is 6.61 Å². The molecular formula is C30H22N6OS. The first-order valence-corrected chi connectivity index (χ1v) is 13.0. The van der Waals surface area contributed by atoms with Crippen LogP contribution >= 0.6 is 11.3 Å². The quantitative estimate of drug-likeness (QED) is 0.245. The molecule has 0 radical (unpaired) electrons. The maximum Gasteiger partial charge on any atom is 0.138 e. The van der Waals surface area contributed by atoms with E-state index < -0.39 is 0 Å². The summed E-state index contributed by atoms with van der Waals surface area (Å²) in [5.41, 5.74) is 7.99. The molecule has 0 fully saturated rings. The highest BCUT2D eigenvalue weighted by Crippen LogP contribution is 2.36. The maximum atomic E-state index is 5.98. The topological polar surface area (TPSA) is 92.4 Å². The van der Waals surface area contributed by atoms with Crippen molar-refractivity contribution >= 4 is 33.4 Å². The van der Waals surface area contributed by atoms with Crippen molar-refractivity contribution in [2.75, 3.05) is 0 Å². The molecule has 2 N–H and O–H groups in total. The van der Waals surface area contributed by atoms with Gasteiger partial charge in [0, 0.05) is 38.7 Å². The van der Waals surface area contributed by atoms with Crippen molar-refractivity contribution in [3.05, 3.63) is 102 Å². The van der Waals surface area contributed by atoms with Crippen LogP contribution < -0.4 is 4.74 Å². The number of rotatable bonds is 6. The van der Waals surface area contributed by atoms with E-state index >= 15 is 0 Å². The molecule has 0 saturated heterocycles. The molecule has 0 saturated carbocycles. The molecular weight excluding hydrogens is 492 g/mol. The Morgan fingerprint density at radius 1 is 0.947 bits per heavy atom. The molecule has 38 heavy (non-hydrogen) atoms. The molecule has 0 atom stereocenters. The van der Waals surface area contributed by atoms with E-state index in [2.05, 4.69) is 56.3 Å². The number of nitrogens with one attached hydrogen (secondary N) is 2. The summed E-state index contributed by atoms with van der Waals surface area (Å²) in [4.78, 5) is 19.9. The Labute approximate surface area is 222 Å². The number of fused-ring (bicyclic) bond motifs is 2. The third kappa shape index (κ3) is 4.10. The van der Waals surface area contributed by atoms with Gasteiger partial charge in [-0.1, -0.05) is 30.3 Å². The van der Waals surface area contributed by atoms with Gasteiger partial charge in [0.15, 0.2) is 0 Å². The first-order chi connectivity index (χ1) is 18.7. The molecule has 0 amide bonds. The van der Waals surface area contributed by atoms with Gasteiger partial charge in [-0.3, -0.25) is 10.1 Å². The average Bonchev–Trinajstić information content (AvgIpc) is 3.70. The van der Waals surface area contributed by atoms with Gasteiger partial charge in [-0.25, -0.2) is 9.97 Å². The van der Waals surface area contributed by atoms with Crippen LogP contribution in [0.4, 0.5) is 0 Å². The zero-order valence-corrected chi connectivity index (χ0v) is 21.3. The summed E-state index contributed by atoms with van der Waals surface area (Å²) in [6.07, 6.45) is 5.36. The summed E-state index contributed by atoms with van der Waals surface area (Å²) < 4.78 is 5.98. The lowest BCUT2D eigenvalue weighted by Crippen LogP contribution is -1.96. The van der Waals surface area contributed by atoms with Crippen LogP contribution in [0.2, 0.25) is 0 Å². The third-order valence-electron chi connectivity index (χ3n) is 6.46. The van der Waals surface area contributed by atoms with E-state index in [-0.39, 0.29) is 0 Å². The van der Waals surface area contributed by atoms with Gasteiger partial charge >= 0.3 is 0 Å². The van der Waals surface area contributed by atoms with E-state index in [1.54, 1.807) is 23.7 Å². The summed E-state index contributed by atoms with van der Waals surface area (Å²) in [6.45, 7) is 2.60. The van der Waals surface area contributed by atoms with E-state index in [4.69, 9.17) is 9.72 Å². The van der Waals surface area contributed by atoms with Crippen LogP contribution in [0.15, 0.2) is 91.4 Å². The van der Waals surface area contributed by atoms with Crippen molar-refractivity contribution in [3.8, 4) is 38.8 Å². The number of benzene rings is 1. The lowest BCUT2D eigenvalue weighted by Gasteiger charge is -2.08. The summed E-state index contributed by atoms with van der Waals surface area (Å²) in [7, 11) is 0. The van der Waals surface area contributed by atoms with Gasteiger partial charge < -0.3 is 9.72 Å². The van der Waals surface area contributed by atoms with E-state index in [9.17, 15) is 0 Å². The smallest absolute Gasteiger partial charge is 0.138 e. The van der Waals surface area contributed by atoms with Gasteiger partial charge in [-0.05, 0) is 55.0 Å². The monoisotopic (exact) mass is 514 g/mol. The lowest BCUT2D eigenvalue weighted by molar-refractivity contribution is 0.305. The Morgan fingerprint density at radius 3 is 2.74 bits per heavy atom. The van der Waals surface area contributed by atoms with Crippen LogP contribution in [0.3, 0.4) is 0 Å². The molecule has 0 unspecified atom stereocenters. The van der Waals surface area contributed by atoms with Gasteiger partial charge in [0.25, 0.3) is 0 Å². The van der Waals surface area contributed by atoms with Crippen LogP contribution in [0, 0.1) is 6.92 Å². The molecule has 0 aliphatic rings. The second kappa shape index (κ2) is 9.24. The van der Waals surface area contributed by atoms with Gasteiger partial charge in [-0.15, -0.1) is 11.3 Å². The average molecular weight is 515 g/mol. The fourth-order valence-corrected chi connectivity index (χ4v) is 5.48. The number of H-pyrrole nitrogens is 2. The first-order valence-electron chi connectivity index (χ1n) is 12.2.